The Kier molecular flexibility index (Phi) is 6.82. The third-order valence-corrected chi connectivity index (χ3v) is 5.90. The van der Waals surface area contributed by atoms with Crippen LogP contribution in [0.1, 0.15) is 46.1 Å². The van der Waals surface area contributed by atoms with Gasteiger partial charge in [-0.1, -0.05) is 40.2 Å². The number of rotatable bonds is 7. The third-order valence-electron chi connectivity index (χ3n) is 3.33. The standard InChI is InChI=1S/C17H26BrNOS/c1-6-7-12-17(5,19-21(20)16(2,3)4)13-14-10-8-9-11-15(14)18/h6,8-11,19H,1,7,12-13H2,2-5H3/t17-,21+/m0/s1. The summed E-state index contributed by atoms with van der Waals surface area (Å²) in [5, 5.41) is 0. The molecule has 0 unspecified atom stereocenters. The summed E-state index contributed by atoms with van der Waals surface area (Å²) in [7, 11) is -1.09. The minimum Gasteiger partial charge on any atom is -0.242 e. The van der Waals surface area contributed by atoms with Gasteiger partial charge in [-0.05, 0) is 58.6 Å². The lowest BCUT2D eigenvalue weighted by atomic mass is 9.89. The van der Waals surface area contributed by atoms with Crippen molar-refractivity contribution in [2.75, 3.05) is 0 Å². The van der Waals surface area contributed by atoms with Crippen LogP contribution in [-0.2, 0) is 17.4 Å². The molecule has 1 aromatic carbocycles. The van der Waals surface area contributed by atoms with Crippen LogP contribution in [0.3, 0.4) is 0 Å². The van der Waals surface area contributed by atoms with Crippen LogP contribution < -0.4 is 4.72 Å². The van der Waals surface area contributed by atoms with Crippen LogP contribution in [0.5, 0.6) is 0 Å². The summed E-state index contributed by atoms with van der Waals surface area (Å²) in [4.78, 5) is 0. The van der Waals surface area contributed by atoms with Crippen LogP contribution in [0.2, 0.25) is 0 Å². The highest BCUT2D eigenvalue weighted by atomic mass is 79.9. The topological polar surface area (TPSA) is 29.1 Å². The van der Waals surface area contributed by atoms with E-state index in [0.29, 0.717) is 0 Å². The van der Waals surface area contributed by atoms with Crippen molar-refractivity contribution < 1.29 is 4.21 Å². The monoisotopic (exact) mass is 371 g/mol. The first-order valence-electron chi connectivity index (χ1n) is 7.22. The van der Waals surface area contributed by atoms with Gasteiger partial charge < -0.3 is 0 Å². The number of allylic oxidation sites excluding steroid dienone is 1. The van der Waals surface area contributed by atoms with Crippen LogP contribution >= 0.6 is 15.9 Å². The predicted molar refractivity (Wildman–Crippen MR) is 96.7 cm³/mol. The molecule has 2 atom stereocenters. The van der Waals surface area contributed by atoms with Gasteiger partial charge in [-0.3, -0.25) is 0 Å². The maximum atomic E-state index is 12.5. The van der Waals surface area contributed by atoms with Gasteiger partial charge in [-0.25, -0.2) is 8.93 Å². The van der Waals surface area contributed by atoms with Gasteiger partial charge in [0.15, 0.2) is 0 Å². The van der Waals surface area contributed by atoms with Gasteiger partial charge in [0.2, 0.25) is 0 Å². The average molecular weight is 372 g/mol. The van der Waals surface area contributed by atoms with E-state index in [1.165, 1.54) is 5.56 Å². The fraction of sp³-hybridized carbons (Fsp3) is 0.529. The summed E-state index contributed by atoms with van der Waals surface area (Å²) in [6, 6.07) is 8.20. The largest absolute Gasteiger partial charge is 0.242 e. The lowest BCUT2D eigenvalue weighted by Gasteiger charge is -2.33. The van der Waals surface area contributed by atoms with E-state index in [4.69, 9.17) is 0 Å². The van der Waals surface area contributed by atoms with Crippen molar-refractivity contribution in [3.05, 3.63) is 47.0 Å². The van der Waals surface area contributed by atoms with Crippen molar-refractivity contribution in [1.82, 2.24) is 4.72 Å². The molecule has 2 nitrogen and oxygen atoms in total. The maximum absolute atomic E-state index is 12.5. The summed E-state index contributed by atoms with van der Waals surface area (Å²) < 4.78 is 16.6. The summed E-state index contributed by atoms with van der Waals surface area (Å²) in [6.07, 6.45) is 4.54. The van der Waals surface area contributed by atoms with Crippen LogP contribution in [0.4, 0.5) is 0 Å². The zero-order valence-electron chi connectivity index (χ0n) is 13.4. The number of halogens is 1. The van der Waals surface area contributed by atoms with E-state index in [9.17, 15) is 4.21 Å². The molecule has 4 heteroatoms. The molecule has 1 rings (SSSR count). The molecule has 0 amide bonds. The maximum Gasteiger partial charge on any atom is 0.0975 e. The van der Waals surface area contributed by atoms with Crippen LogP contribution in [0.25, 0.3) is 0 Å². The molecule has 0 saturated heterocycles. The number of benzene rings is 1. The molecule has 0 fully saturated rings. The Morgan fingerprint density at radius 2 is 1.90 bits per heavy atom. The summed E-state index contributed by atoms with van der Waals surface area (Å²) in [6.45, 7) is 11.9. The Morgan fingerprint density at radius 3 is 2.43 bits per heavy atom. The third kappa shape index (κ3) is 6.05. The van der Waals surface area contributed by atoms with E-state index in [1.807, 2.05) is 45.0 Å². The lowest BCUT2D eigenvalue weighted by Crippen LogP contribution is -2.49. The molecule has 0 aliphatic carbocycles. The SMILES string of the molecule is C=CCC[C@@](C)(Cc1ccccc1Br)N[S@](=O)C(C)(C)C. The molecule has 0 saturated carbocycles. The average Bonchev–Trinajstić information content (AvgIpc) is 2.38. The highest BCUT2D eigenvalue weighted by Crippen LogP contribution is 2.26. The van der Waals surface area contributed by atoms with Crippen molar-refractivity contribution >= 4 is 26.9 Å². The molecule has 0 radical (unpaired) electrons. The minimum atomic E-state index is -1.09. The van der Waals surface area contributed by atoms with Gasteiger partial charge in [0.1, 0.15) is 0 Å². The Bertz CT molecular complexity index is 510. The van der Waals surface area contributed by atoms with Gasteiger partial charge in [-0.2, -0.15) is 0 Å². The Balaban J connectivity index is 2.95. The molecule has 0 bridgehead atoms. The predicted octanol–water partition coefficient (Wildman–Crippen LogP) is 4.77. The second-order valence-electron chi connectivity index (χ2n) is 6.64. The fourth-order valence-corrected chi connectivity index (χ4v) is 3.39. The van der Waals surface area contributed by atoms with Gasteiger partial charge in [-0.15, -0.1) is 6.58 Å². The van der Waals surface area contributed by atoms with E-state index in [2.05, 4.69) is 40.2 Å². The molecule has 1 aromatic rings. The van der Waals surface area contributed by atoms with Crippen molar-refractivity contribution in [3.8, 4) is 0 Å². The van der Waals surface area contributed by atoms with E-state index in [0.717, 1.165) is 23.7 Å². The molecular formula is C17H26BrNOS. The van der Waals surface area contributed by atoms with Gasteiger partial charge in [0.05, 0.1) is 15.7 Å². The van der Waals surface area contributed by atoms with Gasteiger partial charge in [0, 0.05) is 10.0 Å². The molecule has 0 heterocycles. The van der Waals surface area contributed by atoms with Crippen LogP contribution in [-0.4, -0.2) is 14.5 Å². The van der Waals surface area contributed by atoms with E-state index < -0.39 is 11.0 Å². The molecular weight excluding hydrogens is 346 g/mol. The van der Waals surface area contributed by atoms with E-state index in [-0.39, 0.29) is 10.3 Å². The van der Waals surface area contributed by atoms with Crippen LogP contribution in [0.15, 0.2) is 41.4 Å². The molecule has 0 aliphatic rings. The molecule has 0 aromatic heterocycles. The second-order valence-corrected chi connectivity index (χ2v) is 9.46. The van der Waals surface area contributed by atoms with Crippen LogP contribution in [0, 0.1) is 0 Å². The smallest absolute Gasteiger partial charge is 0.0975 e. The number of hydrogen-bond acceptors (Lipinski definition) is 1. The first-order chi connectivity index (χ1) is 9.68. The highest BCUT2D eigenvalue weighted by molar-refractivity contribution is 9.10. The quantitative estimate of drug-likeness (QED) is 0.687. The molecule has 0 aliphatic heterocycles. The van der Waals surface area contributed by atoms with Gasteiger partial charge >= 0.3 is 0 Å². The summed E-state index contributed by atoms with van der Waals surface area (Å²) in [5.74, 6) is 0. The van der Waals surface area contributed by atoms with E-state index in [1.54, 1.807) is 0 Å². The van der Waals surface area contributed by atoms with Gasteiger partial charge in [0.25, 0.3) is 0 Å². The molecule has 118 valence electrons. The number of nitrogens with one attached hydrogen (secondary N) is 1. The Labute approximate surface area is 140 Å². The summed E-state index contributed by atoms with van der Waals surface area (Å²) >= 11 is 3.60. The minimum absolute atomic E-state index is 0.226. The summed E-state index contributed by atoms with van der Waals surface area (Å²) in [5.41, 5.74) is 0.999. The van der Waals surface area contributed by atoms with Crippen molar-refractivity contribution in [1.29, 1.82) is 0 Å². The Hall–Kier alpha value is -0.450. The van der Waals surface area contributed by atoms with Crippen molar-refractivity contribution in [3.63, 3.8) is 0 Å². The normalized spacial score (nSPS) is 16.2. The zero-order valence-corrected chi connectivity index (χ0v) is 15.8. The fourth-order valence-electron chi connectivity index (χ4n) is 2.04. The first-order valence-corrected chi connectivity index (χ1v) is 9.16. The van der Waals surface area contributed by atoms with Crippen molar-refractivity contribution in [2.45, 2.75) is 57.2 Å². The molecule has 21 heavy (non-hydrogen) atoms. The highest BCUT2D eigenvalue weighted by Gasteiger charge is 2.31. The lowest BCUT2D eigenvalue weighted by molar-refractivity contribution is 0.391. The van der Waals surface area contributed by atoms with Crippen molar-refractivity contribution in [2.24, 2.45) is 0 Å². The Morgan fingerprint density at radius 1 is 1.29 bits per heavy atom. The molecule has 0 spiro atoms. The van der Waals surface area contributed by atoms with E-state index >= 15 is 0 Å². The second kappa shape index (κ2) is 7.70. The first kappa shape index (κ1) is 18.6. The zero-order chi connectivity index (χ0) is 16.1. The number of hydrogen-bond donors (Lipinski definition) is 1. The molecule has 1 N–H and O–H groups in total.